The monoisotopic (exact) mass is 363 g/mol. The number of aromatic hydroxyl groups is 1. The highest BCUT2D eigenvalue weighted by atomic mass is 19.1. The standard InChI is InChI=1S/C19H23F2N3O2/c1-3-22-19(23-10-9-13-11-15(20)7-8-16(13)21)24-12-14-5-4-6-17(26-2)18(14)25/h4-8,11,25H,3,9-10,12H2,1-2H3,(H2,22,23,24). The molecule has 0 unspecified atom stereocenters. The topological polar surface area (TPSA) is 65.9 Å². The number of phenolic OH excluding ortho intramolecular Hbond substituents is 1. The van der Waals surface area contributed by atoms with Crippen LogP contribution < -0.4 is 15.4 Å². The van der Waals surface area contributed by atoms with Gasteiger partial charge < -0.3 is 20.5 Å². The summed E-state index contributed by atoms with van der Waals surface area (Å²) in [6.07, 6.45) is 0.318. The van der Waals surface area contributed by atoms with E-state index in [2.05, 4.69) is 15.6 Å². The highest BCUT2D eigenvalue weighted by Gasteiger charge is 2.08. The van der Waals surface area contributed by atoms with Gasteiger partial charge in [0, 0.05) is 18.7 Å². The molecule has 0 bridgehead atoms. The molecule has 3 N–H and O–H groups in total. The molecule has 0 saturated heterocycles. The van der Waals surface area contributed by atoms with Crippen LogP contribution in [0.1, 0.15) is 18.1 Å². The first-order chi connectivity index (χ1) is 12.5. The summed E-state index contributed by atoms with van der Waals surface area (Å²) in [5, 5.41) is 16.2. The van der Waals surface area contributed by atoms with Gasteiger partial charge in [-0.25, -0.2) is 13.8 Å². The Kier molecular flexibility index (Phi) is 7.20. The van der Waals surface area contributed by atoms with Crippen LogP contribution in [0.4, 0.5) is 8.78 Å². The molecular formula is C19H23F2N3O2. The highest BCUT2D eigenvalue weighted by molar-refractivity contribution is 5.79. The molecule has 2 aromatic carbocycles. The van der Waals surface area contributed by atoms with Gasteiger partial charge in [-0.2, -0.15) is 0 Å². The molecule has 2 rings (SSSR count). The number of halogens is 2. The number of phenols is 1. The third kappa shape index (κ3) is 5.34. The van der Waals surface area contributed by atoms with Gasteiger partial charge in [0.1, 0.15) is 11.6 Å². The molecule has 0 atom stereocenters. The number of benzene rings is 2. The molecule has 0 aliphatic heterocycles. The van der Waals surface area contributed by atoms with E-state index in [-0.39, 0.29) is 12.3 Å². The molecule has 5 nitrogen and oxygen atoms in total. The summed E-state index contributed by atoms with van der Waals surface area (Å²) < 4.78 is 31.9. The van der Waals surface area contributed by atoms with Crippen molar-refractivity contribution in [3.63, 3.8) is 0 Å². The second kappa shape index (κ2) is 9.60. The van der Waals surface area contributed by atoms with Crippen molar-refractivity contribution in [2.75, 3.05) is 20.2 Å². The van der Waals surface area contributed by atoms with Gasteiger partial charge in [-0.1, -0.05) is 12.1 Å². The van der Waals surface area contributed by atoms with Crippen LogP contribution >= 0.6 is 0 Å². The van der Waals surface area contributed by atoms with Gasteiger partial charge in [0.2, 0.25) is 0 Å². The van der Waals surface area contributed by atoms with E-state index in [1.807, 2.05) is 6.92 Å². The number of para-hydroxylation sites is 1. The molecular weight excluding hydrogens is 340 g/mol. The van der Waals surface area contributed by atoms with Crippen LogP contribution in [0.2, 0.25) is 0 Å². The zero-order chi connectivity index (χ0) is 18.9. The van der Waals surface area contributed by atoms with Crippen molar-refractivity contribution < 1.29 is 18.6 Å². The minimum atomic E-state index is -0.463. The maximum absolute atomic E-state index is 13.6. The molecule has 0 saturated carbocycles. The molecule has 26 heavy (non-hydrogen) atoms. The normalized spacial score (nSPS) is 11.3. The van der Waals surface area contributed by atoms with Crippen LogP contribution in [0.15, 0.2) is 41.4 Å². The molecule has 0 aromatic heterocycles. The first-order valence-corrected chi connectivity index (χ1v) is 8.36. The molecule has 0 fully saturated rings. The average Bonchev–Trinajstić information content (AvgIpc) is 2.63. The molecule has 140 valence electrons. The summed E-state index contributed by atoms with van der Waals surface area (Å²) in [6.45, 7) is 3.19. The maximum Gasteiger partial charge on any atom is 0.191 e. The van der Waals surface area contributed by atoms with Gasteiger partial charge in [-0.05, 0) is 43.2 Å². The number of methoxy groups -OCH3 is 1. The lowest BCUT2D eigenvalue weighted by atomic mass is 10.1. The number of guanidine groups is 1. The zero-order valence-electron chi connectivity index (χ0n) is 14.9. The van der Waals surface area contributed by atoms with Crippen LogP contribution in [-0.2, 0) is 13.0 Å². The molecule has 0 radical (unpaired) electrons. The number of aliphatic imine (C=N–C) groups is 1. The Morgan fingerprint density at radius 3 is 2.69 bits per heavy atom. The Morgan fingerprint density at radius 1 is 1.15 bits per heavy atom. The Bertz CT molecular complexity index is 766. The number of ether oxygens (including phenoxy) is 1. The lowest BCUT2D eigenvalue weighted by molar-refractivity contribution is 0.370. The molecule has 7 heteroatoms. The van der Waals surface area contributed by atoms with E-state index < -0.39 is 11.6 Å². The second-order valence-corrected chi connectivity index (χ2v) is 5.58. The van der Waals surface area contributed by atoms with Crippen LogP contribution in [0.25, 0.3) is 0 Å². The fourth-order valence-corrected chi connectivity index (χ4v) is 2.42. The smallest absolute Gasteiger partial charge is 0.191 e. The summed E-state index contributed by atoms with van der Waals surface area (Å²) >= 11 is 0. The molecule has 0 amide bonds. The summed E-state index contributed by atoms with van der Waals surface area (Å²) in [7, 11) is 1.49. The van der Waals surface area contributed by atoms with Crippen molar-refractivity contribution in [2.45, 2.75) is 19.9 Å². The van der Waals surface area contributed by atoms with E-state index in [4.69, 9.17) is 4.74 Å². The van der Waals surface area contributed by atoms with Crippen molar-refractivity contribution in [3.8, 4) is 11.5 Å². The summed E-state index contributed by atoms with van der Waals surface area (Å²) in [5.41, 5.74) is 0.927. The average molecular weight is 363 g/mol. The van der Waals surface area contributed by atoms with E-state index in [1.54, 1.807) is 18.2 Å². The zero-order valence-corrected chi connectivity index (χ0v) is 14.9. The van der Waals surface area contributed by atoms with Gasteiger partial charge in [-0.3, -0.25) is 0 Å². The third-order valence-electron chi connectivity index (χ3n) is 3.75. The number of hydrogen-bond acceptors (Lipinski definition) is 3. The number of nitrogens with zero attached hydrogens (tertiary/aromatic N) is 1. The molecule has 0 heterocycles. The Labute approximate surface area is 151 Å². The first-order valence-electron chi connectivity index (χ1n) is 8.36. The quantitative estimate of drug-likeness (QED) is 0.523. The fraction of sp³-hybridized carbons (Fsp3) is 0.316. The van der Waals surface area contributed by atoms with Gasteiger partial charge in [-0.15, -0.1) is 0 Å². The fourth-order valence-electron chi connectivity index (χ4n) is 2.42. The second-order valence-electron chi connectivity index (χ2n) is 5.58. The Balaban J connectivity index is 1.99. The highest BCUT2D eigenvalue weighted by Crippen LogP contribution is 2.29. The third-order valence-corrected chi connectivity index (χ3v) is 3.75. The number of nitrogens with one attached hydrogen (secondary N) is 2. The van der Waals surface area contributed by atoms with Crippen molar-refractivity contribution in [2.24, 2.45) is 4.99 Å². The van der Waals surface area contributed by atoms with Gasteiger partial charge in [0.25, 0.3) is 0 Å². The SMILES string of the molecule is CCNC(=NCc1cccc(OC)c1O)NCCc1cc(F)ccc1F. The molecule has 2 aromatic rings. The predicted molar refractivity (Wildman–Crippen MR) is 97.5 cm³/mol. The van der Waals surface area contributed by atoms with Crippen LogP contribution in [0, 0.1) is 11.6 Å². The lowest BCUT2D eigenvalue weighted by Crippen LogP contribution is -2.38. The molecule has 0 aliphatic rings. The van der Waals surface area contributed by atoms with Crippen molar-refractivity contribution in [1.29, 1.82) is 0 Å². The first kappa shape index (κ1) is 19.5. The van der Waals surface area contributed by atoms with Gasteiger partial charge in [0.05, 0.1) is 13.7 Å². The largest absolute Gasteiger partial charge is 0.504 e. The Morgan fingerprint density at radius 2 is 1.96 bits per heavy atom. The Hall–Kier alpha value is -2.83. The minimum Gasteiger partial charge on any atom is -0.504 e. The van der Waals surface area contributed by atoms with E-state index >= 15 is 0 Å². The maximum atomic E-state index is 13.6. The van der Waals surface area contributed by atoms with E-state index in [0.717, 1.165) is 12.1 Å². The summed E-state index contributed by atoms with van der Waals surface area (Å²) in [4.78, 5) is 4.40. The number of rotatable bonds is 7. The van der Waals surface area contributed by atoms with Crippen molar-refractivity contribution >= 4 is 5.96 Å². The molecule has 0 spiro atoms. The van der Waals surface area contributed by atoms with E-state index in [0.29, 0.717) is 42.3 Å². The molecule has 0 aliphatic carbocycles. The summed E-state index contributed by atoms with van der Waals surface area (Å²) in [5.74, 6) is 0.0621. The summed E-state index contributed by atoms with van der Waals surface area (Å²) in [6, 6.07) is 8.60. The predicted octanol–water partition coefficient (Wildman–Crippen LogP) is 2.98. The van der Waals surface area contributed by atoms with Crippen LogP contribution in [-0.4, -0.2) is 31.3 Å². The van der Waals surface area contributed by atoms with Gasteiger partial charge >= 0.3 is 0 Å². The van der Waals surface area contributed by atoms with E-state index in [9.17, 15) is 13.9 Å². The lowest BCUT2D eigenvalue weighted by Gasteiger charge is -2.12. The van der Waals surface area contributed by atoms with Crippen molar-refractivity contribution in [3.05, 3.63) is 59.2 Å². The van der Waals surface area contributed by atoms with E-state index in [1.165, 1.54) is 13.2 Å². The van der Waals surface area contributed by atoms with Crippen molar-refractivity contribution in [1.82, 2.24) is 10.6 Å². The minimum absolute atomic E-state index is 0.0523. The number of hydrogen-bond donors (Lipinski definition) is 3. The van der Waals surface area contributed by atoms with Crippen LogP contribution in [0.3, 0.4) is 0 Å². The van der Waals surface area contributed by atoms with Gasteiger partial charge in [0.15, 0.2) is 17.5 Å². The van der Waals surface area contributed by atoms with Crippen LogP contribution in [0.5, 0.6) is 11.5 Å².